The van der Waals surface area contributed by atoms with Crippen LogP contribution in [0.2, 0.25) is 0 Å². The van der Waals surface area contributed by atoms with E-state index in [1.165, 1.54) is 23.9 Å². The summed E-state index contributed by atoms with van der Waals surface area (Å²) in [5, 5.41) is 3.41. The second kappa shape index (κ2) is 6.16. The predicted octanol–water partition coefficient (Wildman–Crippen LogP) is 2.95. The van der Waals surface area contributed by atoms with Gasteiger partial charge in [0.25, 0.3) is 0 Å². The number of rotatable bonds is 4. The smallest absolute Gasteiger partial charge is 0.234 e. The van der Waals surface area contributed by atoms with Gasteiger partial charge in [-0.05, 0) is 30.3 Å². The highest BCUT2D eigenvalue weighted by atomic mass is 32.2. The predicted molar refractivity (Wildman–Crippen MR) is 70.0 cm³/mol. The molecule has 0 unspecified atom stereocenters. The molecule has 0 saturated carbocycles. The van der Waals surface area contributed by atoms with E-state index in [4.69, 9.17) is 0 Å². The van der Waals surface area contributed by atoms with Crippen LogP contribution in [0, 0.1) is 5.82 Å². The Balaban J connectivity index is 1.86. The zero-order valence-electron chi connectivity index (χ0n) is 9.47. The van der Waals surface area contributed by atoms with Gasteiger partial charge < -0.3 is 5.32 Å². The van der Waals surface area contributed by atoms with E-state index < -0.39 is 0 Å². The minimum Gasteiger partial charge on any atom is -0.325 e. The highest BCUT2D eigenvalue weighted by Gasteiger charge is 2.04. The van der Waals surface area contributed by atoms with Gasteiger partial charge in [0.2, 0.25) is 5.91 Å². The first-order valence-electron chi connectivity index (χ1n) is 5.33. The van der Waals surface area contributed by atoms with E-state index in [2.05, 4.69) is 10.3 Å². The zero-order valence-corrected chi connectivity index (χ0v) is 10.3. The molecular formula is C13H11FN2OS. The summed E-state index contributed by atoms with van der Waals surface area (Å²) in [6, 6.07) is 11.3. The molecular weight excluding hydrogens is 251 g/mol. The third-order valence-corrected chi connectivity index (χ3v) is 3.04. The van der Waals surface area contributed by atoms with Crippen LogP contribution in [0.4, 0.5) is 10.1 Å². The van der Waals surface area contributed by atoms with Crippen molar-refractivity contribution in [1.29, 1.82) is 0 Å². The molecule has 92 valence electrons. The molecule has 0 aliphatic heterocycles. The second-order valence-electron chi connectivity index (χ2n) is 3.52. The number of pyridine rings is 1. The van der Waals surface area contributed by atoms with E-state index >= 15 is 0 Å². The lowest BCUT2D eigenvalue weighted by atomic mass is 10.3. The number of carbonyl (C=O) groups is 1. The average Bonchev–Trinajstić information content (AvgIpc) is 2.38. The molecule has 3 nitrogen and oxygen atoms in total. The molecule has 2 aromatic rings. The first-order valence-corrected chi connectivity index (χ1v) is 6.32. The average molecular weight is 262 g/mol. The molecule has 2 rings (SSSR count). The molecule has 0 bridgehead atoms. The van der Waals surface area contributed by atoms with Gasteiger partial charge >= 0.3 is 0 Å². The van der Waals surface area contributed by atoms with E-state index in [0.29, 0.717) is 5.69 Å². The number of anilines is 1. The molecule has 1 aromatic heterocycles. The zero-order chi connectivity index (χ0) is 12.8. The van der Waals surface area contributed by atoms with Gasteiger partial charge in [-0.2, -0.15) is 0 Å². The van der Waals surface area contributed by atoms with Gasteiger partial charge in [0.05, 0.1) is 10.8 Å². The maximum atomic E-state index is 12.9. The molecule has 0 aliphatic rings. The van der Waals surface area contributed by atoms with Crippen LogP contribution in [-0.4, -0.2) is 16.6 Å². The fourth-order valence-electron chi connectivity index (χ4n) is 1.34. The standard InChI is InChI=1S/C13H11FN2OS/c14-10-4-3-5-11(8-10)16-12(17)9-18-13-6-1-2-7-15-13/h1-8H,9H2,(H,16,17). The Morgan fingerprint density at radius 3 is 2.89 bits per heavy atom. The summed E-state index contributed by atoms with van der Waals surface area (Å²) in [7, 11) is 0. The number of nitrogens with zero attached hydrogens (tertiary/aromatic N) is 1. The molecule has 1 amide bonds. The molecule has 0 radical (unpaired) electrons. The van der Waals surface area contributed by atoms with Crippen molar-refractivity contribution in [2.75, 3.05) is 11.1 Å². The van der Waals surface area contributed by atoms with Crippen molar-refractivity contribution in [2.24, 2.45) is 0 Å². The summed E-state index contributed by atoms with van der Waals surface area (Å²) in [6.45, 7) is 0. The van der Waals surface area contributed by atoms with E-state index in [1.807, 2.05) is 18.2 Å². The van der Waals surface area contributed by atoms with Crippen LogP contribution in [0.15, 0.2) is 53.7 Å². The van der Waals surface area contributed by atoms with Crippen molar-refractivity contribution >= 4 is 23.4 Å². The van der Waals surface area contributed by atoms with Gasteiger partial charge in [-0.3, -0.25) is 4.79 Å². The molecule has 0 aliphatic carbocycles. The van der Waals surface area contributed by atoms with Crippen LogP contribution in [-0.2, 0) is 4.79 Å². The maximum Gasteiger partial charge on any atom is 0.234 e. The van der Waals surface area contributed by atoms with Crippen LogP contribution in [0.5, 0.6) is 0 Å². The van der Waals surface area contributed by atoms with Gasteiger partial charge in [-0.25, -0.2) is 9.37 Å². The van der Waals surface area contributed by atoms with Crippen molar-refractivity contribution in [3.63, 3.8) is 0 Å². The minimum atomic E-state index is -0.370. The number of aromatic nitrogens is 1. The van der Waals surface area contributed by atoms with Crippen molar-refractivity contribution < 1.29 is 9.18 Å². The largest absolute Gasteiger partial charge is 0.325 e. The van der Waals surface area contributed by atoms with Crippen LogP contribution >= 0.6 is 11.8 Å². The summed E-state index contributed by atoms with van der Waals surface area (Å²) >= 11 is 1.34. The van der Waals surface area contributed by atoms with E-state index in [0.717, 1.165) is 5.03 Å². The van der Waals surface area contributed by atoms with Crippen LogP contribution in [0.1, 0.15) is 0 Å². The van der Waals surface area contributed by atoms with E-state index in [-0.39, 0.29) is 17.5 Å². The lowest BCUT2D eigenvalue weighted by Gasteiger charge is -2.04. The third kappa shape index (κ3) is 3.85. The Morgan fingerprint density at radius 2 is 2.17 bits per heavy atom. The number of hydrogen-bond acceptors (Lipinski definition) is 3. The first-order chi connectivity index (χ1) is 8.74. The van der Waals surface area contributed by atoms with E-state index in [1.54, 1.807) is 18.3 Å². The molecule has 0 saturated heterocycles. The topological polar surface area (TPSA) is 42.0 Å². The SMILES string of the molecule is O=C(CSc1ccccn1)Nc1cccc(F)c1. The van der Waals surface area contributed by atoms with Crippen LogP contribution < -0.4 is 5.32 Å². The molecule has 1 aromatic carbocycles. The number of halogens is 1. The number of amides is 1. The van der Waals surface area contributed by atoms with Gasteiger partial charge in [0, 0.05) is 11.9 Å². The lowest BCUT2D eigenvalue weighted by molar-refractivity contribution is -0.113. The fourth-order valence-corrected chi connectivity index (χ4v) is 2.00. The quantitative estimate of drug-likeness (QED) is 0.861. The van der Waals surface area contributed by atoms with Gasteiger partial charge in [-0.1, -0.05) is 23.9 Å². The summed E-state index contributed by atoms with van der Waals surface area (Å²) in [4.78, 5) is 15.7. The van der Waals surface area contributed by atoms with Crippen molar-refractivity contribution in [3.05, 3.63) is 54.5 Å². The molecule has 0 fully saturated rings. The summed E-state index contributed by atoms with van der Waals surface area (Å²) in [5.74, 6) is -0.311. The Hall–Kier alpha value is -1.88. The fraction of sp³-hybridized carbons (Fsp3) is 0.0769. The number of benzene rings is 1. The monoisotopic (exact) mass is 262 g/mol. The molecule has 5 heteroatoms. The molecule has 0 atom stereocenters. The van der Waals surface area contributed by atoms with Crippen LogP contribution in [0.25, 0.3) is 0 Å². The summed E-state index contributed by atoms with van der Waals surface area (Å²) in [5.41, 5.74) is 0.460. The summed E-state index contributed by atoms with van der Waals surface area (Å²) < 4.78 is 12.9. The number of nitrogens with one attached hydrogen (secondary N) is 1. The van der Waals surface area contributed by atoms with Crippen molar-refractivity contribution in [1.82, 2.24) is 4.98 Å². The minimum absolute atomic E-state index is 0.184. The van der Waals surface area contributed by atoms with Crippen molar-refractivity contribution in [2.45, 2.75) is 5.03 Å². The Kier molecular flexibility index (Phi) is 4.30. The molecule has 18 heavy (non-hydrogen) atoms. The van der Waals surface area contributed by atoms with Crippen LogP contribution in [0.3, 0.4) is 0 Å². The van der Waals surface area contributed by atoms with Gasteiger partial charge in [0.1, 0.15) is 5.82 Å². The molecule has 1 heterocycles. The van der Waals surface area contributed by atoms with Gasteiger partial charge in [-0.15, -0.1) is 0 Å². The molecule has 1 N–H and O–H groups in total. The Bertz CT molecular complexity index is 534. The Morgan fingerprint density at radius 1 is 1.28 bits per heavy atom. The van der Waals surface area contributed by atoms with Crippen molar-refractivity contribution in [3.8, 4) is 0 Å². The molecule has 0 spiro atoms. The van der Waals surface area contributed by atoms with E-state index in [9.17, 15) is 9.18 Å². The summed E-state index contributed by atoms with van der Waals surface area (Å²) in [6.07, 6.45) is 1.67. The highest BCUT2D eigenvalue weighted by Crippen LogP contribution is 2.15. The highest BCUT2D eigenvalue weighted by molar-refractivity contribution is 7.99. The number of thioether (sulfide) groups is 1. The third-order valence-electron chi connectivity index (χ3n) is 2.10. The number of hydrogen-bond donors (Lipinski definition) is 1. The normalized spacial score (nSPS) is 10.1. The maximum absolute atomic E-state index is 12.9. The lowest BCUT2D eigenvalue weighted by Crippen LogP contribution is -2.14. The first kappa shape index (κ1) is 12.6. The van der Waals surface area contributed by atoms with Gasteiger partial charge in [0.15, 0.2) is 0 Å². The number of carbonyl (C=O) groups excluding carboxylic acids is 1. The Labute approximate surface area is 108 Å². The second-order valence-corrected chi connectivity index (χ2v) is 4.51.